The normalized spacial score (nSPS) is 29.1. The second-order valence-electron chi connectivity index (χ2n) is 12.2. The average Bonchev–Trinajstić information content (AvgIpc) is 2.92. The Hall–Kier alpha value is -1.02. The molecule has 4 rings (SSSR count). The van der Waals surface area contributed by atoms with Crippen LogP contribution in [0.1, 0.15) is 129 Å². The fraction of sp³-hybridized carbons (Fsp3) is 0.758. The van der Waals surface area contributed by atoms with Crippen molar-refractivity contribution in [2.24, 2.45) is 29.6 Å². The van der Waals surface area contributed by atoms with E-state index in [-0.39, 0.29) is 10.8 Å². The van der Waals surface area contributed by atoms with Crippen molar-refractivity contribution in [3.63, 3.8) is 0 Å². The van der Waals surface area contributed by atoms with Gasteiger partial charge >= 0.3 is 0 Å². The molecule has 202 valence electrons. The highest BCUT2D eigenvalue weighted by molar-refractivity contribution is 6.32. The largest absolute Gasteiger partial charge is 0.490 e. The van der Waals surface area contributed by atoms with Crippen molar-refractivity contribution in [1.82, 2.24) is 0 Å². The van der Waals surface area contributed by atoms with Gasteiger partial charge in [-0.2, -0.15) is 0 Å². The molecular formula is C33H50ClFO. The maximum absolute atomic E-state index is 14.8. The molecule has 1 aromatic carbocycles. The van der Waals surface area contributed by atoms with Crippen molar-refractivity contribution in [2.45, 2.75) is 123 Å². The molecule has 0 amide bonds. The predicted molar refractivity (Wildman–Crippen MR) is 152 cm³/mol. The molecule has 0 bridgehead atoms. The van der Waals surface area contributed by atoms with Crippen LogP contribution in [0.2, 0.25) is 5.02 Å². The fourth-order valence-corrected chi connectivity index (χ4v) is 7.74. The molecule has 0 spiro atoms. The number of benzene rings is 1. The number of hydrogen-bond donors (Lipinski definition) is 0. The maximum atomic E-state index is 14.8. The molecule has 1 aromatic rings. The van der Waals surface area contributed by atoms with Gasteiger partial charge in [-0.15, -0.1) is 0 Å². The van der Waals surface area contributed by atoms with E-state index in [1.165, 1.54) is 89.0 Å². The highest BCUT2D eigenvalue weighted by atomic mass is 35.5. The summed E-state index contributed by atoms with van der Waals surface area (Å²) >= 11 is 6.46. The van der Waals surface area contributed by atoms with Gasteiger partial charge in [-0.3, -0.25) is 0 Å². The highest BCUT2D eigenvalue weighted by Gasteiger charge is 2.34. The Morgan fingerprint density at radius 2 is 1.44 bits per heavy atom. The summed E-state index contributed by atoms with van der Waals surface area (Å²) in [6.07, 6.45) is 25.2. The molecule has 2 saturated carbocycles. The summed E-state index contributed by atoms with van der Waals surface area (Å²) < 4.78 is 20.4. The molecule has 3 heteroatoms. The van der Waals surface area contributed by atoms with Crippen LogP contribution in [0.25, 0.3) is 5.57 Å². The third-order valence-electron chi connectivity index (χ3n) is 9.86. The molecule has 0 radical (unpaired) electrons. The Labute approximate surface area is 225 Å². The topological polar surface area (TPSA) is 9.23 Å². The van der Waals surface area contributed by atoms with Gasteiger partial charge in [0.2, 0.25) is 0 Å². The number of ether oxygens (including phenoxy) is 1. The second-order valence-corrected chi connectivity index (χ2v) is 12.5. The molecule has 3 aliphatic carbocycles. The third kappa shape index (κ3) is 7.30. The standard InChI is InChI=1S/C33H50ClFO/c1-3-5-7-8-24-9-11-25(12-10-24)26-13-15-27(16-14-26)28-17-19-29(20-18-28)30-21-22-31(33(35)32(30)34)36-23-6-4-2/h19,21-22,24-28H,3-18,20,23H2,1-2H3. The minimum atomic E-state index is -0.401. The minimum absolute atomic E-state index is 0.231. The van der Waals surface area contributed by atoms with Crippen LogP contribution in [0.5, 0.6) is 5.75 Å². The molecule has 1 atom stereocenters. The van der Waals surface area contributed by atoms with E-state index >= 15 is 0 Å². The first-order valence-corrected chi connectivity index (χ1v) is 15.8. The molecule has 0 aromatic heterocycles. The van der Waals surface area contributed by atoms with E-state index in [1.807, 2.05) is 6.07 Å². The summed E-state index contributed by atoms with van der Waals surface area (Å²) in [6, 6.07) is 3.72. The van der Waals surface area contributed by atoms with Crippen LogP contribution in [0.4, 0.5) is 4.39 Å². The number of rotatable bonds is 11. The maximum Gasteiger partial charge on any atom is 0.184 e. The van der Waals surface area contributed by atoms with Gasteiger partial charge in [0, 0.05) is 0 Å². The zero-order valence-corrected chi connectivity index (χ0v) is 23.8. The zero-order valence-electron chi connectivity index (χ0n) is 23.0. The van der Waals surface area contributed by atoms with Crippen LogP contribution in [0, 0.1) is 35.4 Å². The Bertz CT molecular complexity index is 832. The summed E-state index contributed by atoms with van der Waals surface area (Å²) in [5.74, 6) is 4.59. The molecule has 0 saturated heterocycles. The van der Waals surface area contributed by atoms with Crippen LogP contribution >= 0.6 is 11.6 Å². The van der Waals surface area contributed by atoms with E-state index in [9.17, 15) is 4.39 Å². The molecule has 0 aliphatic heterocycles. The van der Waals surface area contributed by atoms with Gasteiger partial charge in [0.05, 0.1) is 11.6 Å². The van der Waals surface area contributed by atoms with Crippen LogP contribution in [0.15, 0.2) is 18.2 Å². The molecule has 3 aliphatic rings. The first-order valence-electron chi connectivity index (χ1n) is 15.4. The van der Waals surface area contributed by atoms with Gasteiger partial charge in [-0.1, -0.05) is 76.5 Å². The number of hydrogen-bond acceptors (Lipinski definition) is 1. The number of unbranched alkanes of at least 4 members (excludes halogenated alkanes) is 3. The average molecular weight is 517 g/mol. The van der Waals surface area contributed by atoms with Gasteiger partial charge in [-0.05, 0) is 117 Å². The van der Waals surface area contributed by atoms with Crippen LogP contribution in [0.3, 0.4) is 0 Å². The Balaban J connectivity index is 1.23. The highest BCUT2D eigenvalue weighted by Crippen LogP contribution is 2.47. The van der Waals surface area contributed by atoms with Crippen LogP contribution < -0.4 is 4.74 Å². The summed E-state index contributed by atoms with van der Waals surface area (Å²) in [7, 11) is 0. The summed E-state index contributed by atoms with van der Waals surface area (Å²) in [6.45, 7) is 4.96. The number of halogens is 2. The Morgan fingerprint density at radius 3 is 2.06 bits per heavy atom. The van der Waals surface area contributed by atoms with Crippen molar-refractivity contribution in [2.75, 3.05) is 6.61 Å². The quantitative estimate of drug-likeness (QED) is 0.266. The molecule has 0 heterocycles. The Kier molecular flexibility index (Phi) is 11.1. The number of allylic oxidation sites excluding steroid dienone is 2. The second kappa shape index (κ2) is 14.2. The monoisotopic (exact) mass is 516 g/mol. The van der Waals surface area contributed by atoms with E-state index in [0.29, 0.717) is 6.61 Å². The first-order chi connectivity index (χ1) is 17.6. The smallest absolute Gasteiger partial charge is 0.184 e. The lowest BCUT2D eigenvalue weighted by molar-refractivity contribution is 0.120. The minimum Gasteiger partial charge on any atom is -0.490 e. The van der Waals surface area contributed by atoms with Crippen molar-refractivity contribution < 1.29 is 9.13 Å². The van der Waals surface area contributed by atoms with Crippen LogP contribution in [-0.2, 0) is 0 Å². The molecule has 0 N–H and O–H groups in total. The predicted octanol–water partition coefficient (Wildman–Crippen LogP) is 11.0. The van der Waals surface area contributed by atoms with E-state index in [1.54, 1.807) is 6.07 Å². The van der Waals surface area contributed by atoms with Crippen molar-refractivity contribution in [3.05, 3.63) is 34.6 Å². The van der Waals surface area contributed by atoms with Gasteiger partial charge in [0.1, 0.15) is 0 Å². The lowest BCUT2D eigenvalue weighted by Crippen LogP contribution is -2.28. The lowest BCUT2D eigenvalue weighted by atomic mass is 9.65. The van der Waals surface area contributed by atoms with Crippen LogP contribution in [-0.4, -0.2) is 6.61 Å². The zero-order chi connectivity index (χ0) is 25.3. The summed E-state index contributed by atoms with van der Waals surface area (Å²) in [4.78, 5) is 0. The molecule has 1 nitrogen and oxygen atoms in total. The lowest BCUT2D eigenvalue weighted by Gasteiger charge is -2.40. The van der Waals surface area contributed by atoms with Gasteiger partial charge in [0.25, 0.3) is 0 Å². The molecule has 1 unspecified atom stereocenters. The first kappa shape index (κ1) is 28.0. The van der Waals surface area contributed by atoms with Gasteiger partial charge in [-0.25, -0.2) is 4.39 Å². The summed E-state index contributed by atoms with van der Waals surface area (Å²) in [5.41, 5.74) is 2.09. The van der Waals surface area contributed by atoms with E-state index in [4.69, 9.17) is 16.3 Å². The fourth-order valence-electron chi connectivity index (χ4n) is 7.46. The van der Waals surface area contributed by atoms with Crippen molar-refractivity contribution in [1.29, 1.82) is 0 Å². The summed E-state index contributed by atoms with van der Waals surface area (Å²) in [5, 5.41) is 0.231. The third-order valence-corrected chi connectivity index (χ3v) is 10.2. The van der Waals surface area contributed by atoms with E-state index < -0.39 is 5.82 Å². The SMILES string of the molecule is CCCCCC1CCC(C2CCC(C3CC=C(c4ccc(OCCCC)c(F)c4Cl)CC3)CC2)CC1. The molecular weight excluding hydrogens is 467 g/mol. The Morgan fingerprint density at radius 1 is 0.806 bits per heavy atom. The molecule has 36 heavy (non-hydrogen) atoms. The van der Waals surface area contributed by atoms with Gasteiger partial charge < -0.3 is 4.74 Å². The molecule has 2 fully saturated rings. The van der Waals surface area contributed by atoms with Crippen molar-refractivity contribution >= 4 is 17.2 Å². The van der Waals surface area contributed by atoms with E-state index in [0.717, 1.165) is 60.8 Å². The van der Waals surface area contributed by atoms with Crippen molar-refractivity contribution in [3.8, 4) is 5.75 Å². The van der Waals surface area contributed by atoms with Gasteiger partial charge in [0.15, 0.2) is 11.6 Å². The van der Waals surface area contributed by atoms with E-state index in [2.05, 4.69) is 19.9 Å².